The summed E-state index contributed by atoms with van der Waals surface area (Å²) in [6.07, 6.45) is 5.72. The van der Waals surface area contributed by atoms with E-state index in [9.17, 15) is 0 Å². The summed E-state index contributed by atoms with van der Waals surface area (Å²) in [7, 11) is 0. The first kappa shape index (κ1) is 10.7. The van der Waals surface area contributed by atoms with Crippen LogP contribution >= 0.6 is 0 Å². The van der Waals surface area contributed by atoms with Crippen molar-refractivity contribution in [1.29, 1.82) is 0 Å². The molecule has 1 aromatic rings. The molecule has 0 amide bonds. The zero-order valence-electron chi connectivity index (χ0n) is 9.36. The van der Waals surface area contributed by atoms with Crippen LogP contribution in [-0.4, -0.2) is 23.5 Å². The van der Waals surface area contributed by atoms with Gasteiger partial charge >= 0.3 is 0 Å². The molecule has 3 heteroatoms. The molecule has 1 aromatic heterocycles. The van der Waals surface area contributed by atoms with Crippen LogP contribution in [0.15, 0.2) is 22.8 Å². The molecule has 1 atom stereocenters. The van der Waals surface area contributed by atoms with E-state index in [-0.39, 0.29) is 0 Å². The quantitative estimate of drug-likeness (QED) is 0.804. The fourth-order valence-corrected chi connectivity index (χ4v) is 2.08. The summed E-state index contributed by atoms with van der Waals surface area (Å²) in [5.74, 6) is 1.04. The zero-order chi connectivity index (χ0) is 10.7. The average molecular weight is 208 g/mol. The van der Waals surface area contributed by atoms with Gasteiger partial charge in [-0.3, -0.25) is 4.90 Å². The second-order valence-electron chi connectivity index (χ2n) is 4.42. The summed E-state index contributed by atoms with van der Waals surface area (Å²) in [5, 5.41) is 0. The molecule has 2 N–H and O–H groups in total. The lowest BCUT2D eigenvalue weighted by Gasteiger charge is -2.40. The minimum Gasteiger partial charge on any atom is -0.468 e. The summed E-state index contributed by atoms with van der Waals surface area (Å²) in [5.41, 5.74) is 5.75. The molecule has 0 bridgehead atoms. The highest BCUT2D eigenvalue weighted by Gasteiger charge is 2.28. The lowest BCUT2D eigenvalue weighted by Crippen LogP contribution is -2.47. The van der Waals surface area contributed by atoms with Gasteiger partial charge in [0.25, 0.3) is 0 Å². The molecule has 15 heavy (non-hydrogen) atoms. The molecule has 1 unspecified atom stereocenters. The topological polar surface area (TPSA) is 42.4 Å². The summed E-state index contributed by atoms with van der Waals surface area (Å²) in [6.45, 7) is 3.81. The molecular weight excluding hydrogens is 188 g/mol. The van der Waals surface area contributed by atoms with Crippen LogP contribution in [0.4, 0.5) is 0 Å². The maximum atomic E-state index is 5.75. The van der Waals surface area contributed by atoms with E-state index < -0.39 is 0 Å². The van der Waals surface area contributed by atoms with Crippen LogP contribution in [0.5, 0.6) is 0 Å². The number of nitrogens with two attached hydrogens (primary N) is 1. The van der Waals surface area contributed by atoms with Crippen molar-refractivity contribution < 1.29 is 4.42 Å². The van der Waals surface area contributed by atoms with E-state index >= 15 is 0 Å². The molecule has 1 saturated carbocycles. The number of furan rings is 1. The van der Waals surface area contributed by atoms with E-state index in [2.05, 4.69) is 11.8 Å². The Kier molecular flexibility index (Phi) is 3.44. The van der Waals surface area contributed by atoms with Gasteiger partial charge in [-0.2, -0.15) is 0 Å². The van der Waals surface area contributed by atoms with Gasteiger partial charge in [0.1, 0.15) is 5.76 Å². The van der Waals surface area contributed by atoms with Crippen molar-refractivity contribution in [3.05, 3.63) is 24.2 Å². The van der Waals surface area contributed by atoms with Crippen molar-refractivity contribution in [2.45, 2.75) is 44.8 Å². The highest BCUT2D eigenvalue weighted by molar-refractivity contribution is 4.99. The maximum absolute atomic E-state index is 5.75. The summed E-state index contributed by atoms with van der Waals surface area (Å²) in [4.78, 5) is 2.47. The fraction of sp³-hybridized carbons (Fsp3) is 0.667. The highest BCUT2D eigenvalue weighted by atomic mass is 16.3. The van der Waals surface area contributed by atoms with Gasteiger partial charge in [-0.25, -0.2) is 0 Å². The summed E-state index contributed by atoms with van der Waals surface area (Å²) >= 11 is 0. The van der Waals surface area contributed by atoms with Crippen molar-refractivity contribution in [2.24, 2.45) is 5.73 Å². The van der Waals surface area contributed by atoms with E-state index in [1.54, 1.807) is 6.26 Å². The first-order chi connectivity index (χ1) is 7.31. The molecule has 84 valence electrons. The Balaban J connectivity index is 1.98. The molecule has 3 nitrogen and oxygen atoms in total. The predicted octanol–water partition coefficient (Wildman–Crippen LogP) is 1.98. The molecular formula is C12H20N2O. The predicted molar refractivity (Wildman–Crippen MR) is 60.4 cm³/mol. The SMILES string of the molecule is CC(CN)N(Cc1ccco1)C1CCC1. The monoisotopic (exact) mass is 208 g/mol. The third-order valence-corrected chi connectivity index (χ3v) is 3.37. The molecule has 0 aromatic carbocycles. The third-order valence-electron chi connectivity index (χ3n) is 3.37. The Morgan fingerprint density at radius 2 is 2.40 bits per heavy atom. The number of hydrogen-bond acceptors (Lipinski definition) is 3. The lowest BCUT2D eigenvalue weighted by atomic mass is 9.90. The summed E-state index contributed by atoms with van der Waals surface area (Å²) < 4.78 is 5.39. The second-order valence-corrected chi connectivity index (χ2v) is 4.42. The highest BCUT2D eigenvalue weighted by Crippen LogP contribution is 2.27. The number of nitrogens with zero attached hydrogens (tertiary/aromatic N) is 1. The molecule has 0 spiro atoms. The van der Waals surface area contributed by atoms with Gasteiger partial charge in [0.15, 0.2) is 0 Å². The van der Waals surface area contributed by atoms with E-state index in [1.807, 2.05) is 12.1 Å². The van der Waals surface area contributed by atoms with E-state index in [0.717, 1.165) is 18.8 Å². The van der Waals surface area contributed by atoms with Crippen molar-refractivity contribution in [3.8, 4) is 0 Å². The number of hydrogen-bond donors (Lipinski definition) is 1. The van der Waals surface area contributed by atoms with Crippen LogP contribution in [0, 0.1) is 0 Å². The van der Waals surface area contributed by atoms with Gasteiger partial charge in [0.05, 0.1) is 12.8 Å². The van der Waals surface area contributed by atoms with Crippen LogP contribution in [0.1, 0.15) is 31.9 Å². The van der Waals surface area contributed by atoms with Gasteiger partial charge < -0.3 is 10.2 Å². The Hall–Kier alpha value is -0.800. The van der Waals surface area contributed by atoms with Crippen LogP contribution in [0.2, 0.25) is 0 Å². The van der Waals surface area contributed by atoms with Crippen LogP contribution in [0.25, 0.3) is 0 Å². The minimum absolute atomic E-state index is 0.445. The second kappa shape index (κ2) is 4.81. The van der Waals surface area contributed by atoms with Crippen molar-refractivity contribution in [2.75, 3.05) is 6.54 Å². The summed E-state index contributed by atoms with van der Waals surface area (Å²) in [6, 6.07) is 5.14. The van der Waals surface area contributed by atoms with Crippen LogP contribution in [-0.2, 0) is 6.54 Å². The van der Waals surface area contributed by atoms with Gasteiger partial charge in [-0.1, -0.05) is 6.42 Å². The van der Waals surface area contributed by atoms with E-state index in [1.165, 1.54) is 19.3 Å². The lowest BCUT2D eigenvalue weighted by molar-refractivity contribution is 0.0748. The van der Waals surface area contributed by atoms with Gasteiger partial charge in [-0.05, 0) is 31.9 Å². The molecule has 0 radical (unpaired) electrons. The molecule has 0 saturated heterocycles. The van der Waals surface area contributed by atoms with Crippen molar-refractivity contribution in [1.82, 2.24) is 4.90 Å². The molecule has 1 heterocycles. The van der Waals surface area contributed by atoms with E-state index in [4.69, 9.17) is 10.2 Å². The minimum atomic E-state index is 0.445. The smallest absolute Gasteiger partial charge is 0.117 e. The first-order valence-electron chi connectivity index (χ1n) is 5.79. The van der Waals surface area contributed by atoms with Crippen molar-refractivity contribution in [3.63, 3.8) is 0 Å². The average Bonchev–Trinajstić information content (AvgIpc) is 2.65. The molecule has 2 rings (SSSR count). The first-order valence-corrected chi connectivity index (χ1v) is 5.79. The number of rotatable bonds is 5. The largest absolute Gasteiger partial charge is 0.468 e. The standard InChI is InChI=1S/C12H20N2O/c1-10(8-13)14(11-4-2-5-11)9-12-6-3-7-15-12/h3,6-7,10-11H,2,4-5,8-9,13H2,1H3. The molecule has 0 aliphatic heterocycles. The fourth-order valence-electron chi connectivity index (χ4n) is 2.08. The molecule has 1 fully saturated rings. The van der Waals surface area contributed by atoms with E-state index in [0.29, 0.717) is 12.1 Å². The Morgan fingerprint density at radius 3 is 2.87 bits per heavy atom. The molecule has 1 aliphatic carbocycles. The van der Waals surface area contributed by atoms with Gasteiger partial charge in [-0.15, -0.1) is 0 Å². The normalized spacial score (nSPS) is 19.1. The third kappa shape index (κ3) is 2.41. The van der Waals surface area contributed by atoms with Gasteiger partial charge in [0, 0.05) is 18.6 Å². The van der Waals surface area contributed by atoms with Crippen LogP contribution in [0.3, 0.4) is 0 Å². The Labute approximate surface area is 91.2 Å². The zero-order valence-corrected chi connectivity index (χ0v) is 9.36. The Bertz CT molecular complexity index is 275. The van der Waals surface area contributed by atoms with Crippen molar-refractivity contribution >= 4 is 0 Å². The van der Waals surface area contributed by atoms with Crippen LogP contribution < -0.4 is 5.73 Å². The van der Waals surface area contributed by atoms with Gasteiger partial charge in [0.2, 0.25) is 0 Å². The Morgan fingerprint density at radius 1 is 1.60 bits per heavy atom. The maximum Gasteiger partial charge on any atom is 0.117 e. The molecule has 1 aliphatic rings.